The van der Waals surface area contributed by atoms with Crippen LogP contribution in [0.1, 0.15) is 28.8 Å². The Balaban J connectivity index is 1.70. The second-order valence-corrected chi connectivity index (χ2v) is 7.81. The van der Waals surface area contributed by atoms with Crippen molar-refractivity contribution in [2.24, 2.45) is 5.73 Å². The van der Waals surface area contributed by atoms with Crippen LogP contribution < -0.4 is 34.7 Å². The first-order valence-electron chi connectivity index (χ1n) is 11.0. The van der Waals surface area contributed by atoms with Crippen molar-refractivity contribution in [3.8, 4) is 28.7 Å². The number of carboxylic acids is 1. The minimum atomic E-state index is -1.30. The Kier molecular flexibility index (Phi) is 8.56. The fourth-order valence-corrected chi connectivity index (χ4v) is 3.52. The summed E-state index contributed by atoms with van der Waals surface area (Å²) in [6.45, 7) is -0.499. The SMILES string of the molecule is COc1cc(C=C2Oc3cc(OCC(=O)NC(CCC(N)=O)C(=O)O)ccc3C2=O)cc(OC)c1OC. The second-order valence-electron chi connectivity index (χ2n) is 7.81. The highest BCUT2D eigenvalue weighted by Gasteiger charge is 2.28. The van der Waals surface area contributed by atoms with Crippen LogP contribution in [0.15, 0.2) is 36.1 Å². The molecule has 0 aromatic heterocycles. The summed E-state index contributed by atoms with van der Waals surface area (Å²) in [5.74, 6) is -1.32. The monoisotopic (exact) mass is 514 g/mol. The van der Waals surface area contributed by atoms with Gasteiger partial charge in [0.1, 0.15) is 17.5 Å². The maximum absolute atomic E-state index is 12.8. The van der Waals surface area contributed by atoms with E-state index in [0.29, 0.717) is 28.4 Å². The number of nitrogens with one attached hydrogen (secondary N) is 1. The largest absolute Gasteiger partial charge is 0.493 e. The number of carboxylic acid groups (broad SMARTS) is 1. The third-order valence-corrected chi connectivity index (χ3v) is 5.31. The smallest absolute Gasteiger partial charge is 0.326 e. The Morgan fingerprint density at radius 2 is 1.76 bits per heavy atom. The van der Waals surface area contributed by atoms with Crippen LogP contribution in [-0.4, -0.2) is 62.7 Å². The van der Waals surface area contributed by atoms with Gasteiger partial charge in [0.15, 0.2) is 23.9 Å². The Morgan fingerprint density at radius 1 is 1.08 bits per heavy atom. The van der Waals surface area contributed by atoms with Crippen molar-refractivity contribution in [2.45, 2.75) is 18.9 Å². The number of ether oxygens (including phenoxy) is 5. The van der Waals surface area contributed by atoms with Gasteiger partial charge in [-0.2, -0.15) is 0 Å². The van der Waals surface area contributed by atoms with E-state index < -0.39 is 30.4 Å². The molecule has 1 unspecified atom stereocenters. The zero-order valence-corrected chi connectivity index (χ0v) is 20.4. The van der Waals surface area contributed by atoms with Gasteiger partial charge in [0.05, 0.1) is 26.9 Å². The van der Waals surface area contributed by atoms with Crippen molar-refractivity contribution in [2.75, 3.05) is 27.9 Å². The molecule has 2 aromatic carbocycles. The molecule has 37 heavy (non-hydrogen) atoms. The molecule has 12 nitrogen and oxygen atoms in total. The van der Waals surface area contributed by atoms with E-state index >= 15 is 0 Å². The summed E-state index contributed by atoms with van der Waals surface area (Å²) in [5.41, 5.74) is 5.90. The molecule has 4 N–H and O–H groups in total. The van der Waals surface area contributed by atoms with Gasteiger partial charge in [-0.05, 0) is 42.3 Å². The van der Waals surface area contributed by atoms with Crippen LogP contribution in [0.2, 0.25) is 0 Å². The Labute approximate surface area is 211 Å². The van der Waals surface area contributed by atoms with Gasteiger partial charge < -0.3 is 39.8 Å². The zero-order chi connectivity index (χ0) is 27.1. The van der Waals surface area contributed by atoms with Crippen LogP contribution in [0, 0.1) is 0 Å². The number of benzene rings is 2. The van der Waals surface area contributed by atoms with Gasteiger partial charge >= 0.3 is 5.97 Å². The lowest BCUT2D eigenvalue weighted by atomic mass is 10.1. The lowest BCUT2D eigenvalue weighted by Crippen LogP contribution is -2.43. The number of amides is 2. The predicted molar refractivity (Wildman–Crippen MR) is 129 cm³/mol. The minimum Gasteiger partial charge on any atom is -0.493 e. The number of rotatable bonds is 12. The normalized spacial score (nSPS) is 13.8. The van der Waals surface area contributed by atoms with Gasteiger partial charge in [0.2, 0.25) is 17.4 Å². The van der Waals surface area contributed by atoms with Crippen LogP contribution >= 0.6 is 0 Å². The molecule has 0 saturated heterocycles. The standard InChI is InChI=1S/C25H26N2O10/c1-33-19-9-13(10-20(34-2)24(19)35-3)8-18-23(30)15-5-4-14(11-17(15)37-18)36-12-22(29)27-16(25(31)32)6-7-21(26)28/h4-5,8-11,16H,6-7,12H2,1-3H3,(H2,26,28)(H,27,29)(H,31,32). The number of nitrogens with two attached hydrogens (primary N) is 1. The van der Waals surface area contributed by atoms with E-state index in [1.54, 1.807) is 12.1 Å². The van der Waals surface area contributed by atoms with E-state index in [2.05, 4.69) is 5.32 Å². The topological polar surface area (TPSA) is 173 Å². The summed E-state index contributed by atoms with van der Waals surface area (Å²) in [4.78, 5) is 47.1. The summed E-state index contributed by atoms with van der Waals surface area (Å²) < 4.78 is 27.1. The van der Waals surface area contributed by atoms with E-state index in [-0.39, 0.29) is 35.9 Å². The van der Waals surface area contributed by atoms with E-state index in [9.17, 15) is 24.3 Å². The number of ketones is 1. The number of hydrogen-bond acceptors (Lipinski definition) is 9. The van der Waals surface area contributed by atoms with E-state index in [4.69, 9.17) is 29.4 Å². The molecule has 12 heteroatoms. The minimum absolute atomic E-state index is 0.0536. The lowest BCUT2D eigenvalue weighted by molar-refractivity contribution is -0.142. The van der Waals surface area contributed by atoms with Crippen molar-refractivity contribution in [3.63, 3.8) is 0 Å². The van der Waals surface area contributed by atoms with Crippen LogP contribution in [0.4, 0.5) is 0 Å². The van der Waals surface area contributed by atoms with Gasteiger partial charge in [0.25, 0.3) is 5.91 Å². The summed E-state index contributed by atoms with van der Waals surface area (Å²) in [6, 6.07) is 6.46. The van der Waals surface area contributed by atoms with Gasteiger partial charge in [0, 0.05) is 12.5 Å². The maximum Gasteiger partial charge on any atom is 0.326 e. The summed E-state index contributed by atoms with van der Waals surface area (Å²) in [7, 11) is 4.44. The zero-order valence-electron chi connectivity index (χ0n) is 20.4. The molecule has 196 valence electrons. The van der Waals surface area contributed by atoms with Crippen LogP contribution in [0.5, 0.6) is 28.7 Å². The molecule has 0 fully saturated rings. The molecule has 0 saturated carbocycles. The maximum atomic E-state index is 12.8. The van der Waals surface area contributed by atoms with E-state index in [1.807, 2.05) is 0 Å². The Morgan fingerprint density at radius 3 is 2.32 bits per heavy atom. The van der Waals surface area contributed by atoms with Crippen LogP contribution in [-0.2, 0) is 14.4 Å². The number of aliphatic carboxylic acids is 1. The Bertz CT molecular complexity index is 1230. The van der Waals surface area contributed by atoms with Crippen molar-refractivity contribution in [3.05, 3.63) is 47.2 Å². The number of allylic oxidation sites excluding steroid dienone is 1. The average molecular weight is 514 g/mol. The number of Topliss-reactive ketones (excluding diaryl/α,β-unsaturated/α-hetero) is 1. The summed E-state index contributed by atoms with van der Waals surface area (Å²) >= 11 is 0. The van der Waals surface area contributed by atoms with Gasteiger partial charge in [-0.3, -0.25) is 14.4 Å². The molecule has 0 radical (unpaired) electrons. The van der Waals surface area contributed by atoms with Crippen molar-refractivity contribution in [1.29, 1.82) is 0 Å². The fourth-order valence-electron chi connectivity index (χ4n) is 3.52. The molecule has 0 aliphatic carbocycles. The molecule has 1 aliphatic heterocycles. The fraction of sp³-hybridized carbons (Fsp3) is 0.280. The molecule has 1 heterocycles. The molecular formula is C25H26N2O10. The van der Waals surface area contributed by atoms with E-state index in [0.717, 1.165) is 0 Å². The number of carbonyl (C=O) groups excluding carboxylic acids is 3. The summed E-state index contributed by atoms with van der Waals surface area (Å²) in [6.07, 6.45) is 1.19. The molecule has 1 atom stereocenters. The molecule has 0 bridgehead atoms. The highest BCUT2D eigenvalue weighted by atomic mass is 16.5. The van der Waals surface area contributed by atoms with Gasteiger partial charge in [-0.25, -0.2) is 4.79 Å². The molecular weight excluding hydrogens is 488 g/mol. The number of primary amides is 1. The highest BCUT2D eigenvalue weighted by Crippen LogP contribution is 2.40. The first-order chi connectivity index (χ1) is 17.7. The van der Waals surface area contributed by atoms with Crippen molar-refractivity contribution < 1.29 is 48.0 Å². The van der Waals surface area contributed by atoms with Crippen molar-refractivity contribution >= 4 is 29.6 Å². The molecule has 3 rings (SSSR count). The summed E-state index contributed by atoms with van der Waals surface area (Å²) in [5, 5.41) is 11.5. The molecule has 1 aliphatic rings. The number of fused-ring (bicyclic) bond motifs is 1. The first kappa shape index (κ1) is 26.9. The van der Waals surface area contributed by atoms with Gasteiger partial charge in [-0.1, -0.05) is 0 Å². The van der Waals surface area contributed by atoms with Crippen LogP contribution in [0.3, 0.4) is 0 Å². The first-order valence-corrected chi connectivity index (χ1v) is 11.0. The quantitative estimate of drug-likeness (QED) is 0.353. The van der Waals surface area contributed by atoms with E-state index in [1.165, 1.54) is 45.6 Å². The number of methoxy groups -OCH3 is 3. The average Bonchev–Trinajstić information content (AvgIpc) is 3.18. The predicted octanol–water partition coefficient (Wildman–Crippen LogP) is 1.54. The highest BCUT2D eigenvalue weighted by molar-refractivity contribution is 6.14. The molecule has 2 aromatic rings. The third kappa shape index (κ3) is 6.48. The second kappa shape index (κ2) is 11.8. The molecule has 0 spiro atoms. The third-order valence-electron chi connectivity index (χ3n) is 5.31. The number of carbonyl (C=O) groups is 4. The Hall–Kier alpha value is -4.74. The number of hydrogen-bond donors (Lipinski definition) is 3. The molecule has 2 amide bonds. The van der Waals surface area contributed by atoms with Gasteiger partial charge in [-0.15, -0.1) is 0 Å². The van der Waals surface area contributed by atoms with Crippen molar-refractivity contribution in [1.82, 2.24) is 5.32 Å². The van der Waals surface area contributed by atoms with Crippen LogP contribution in [0.25, 0.3) is 6.08 Å². The lowest BCUT2D eigenvalue weighted by Gasteiger charge is -2.14.